The van der Waals surface area contributed by atoms with E-state index in [0.717, 1.165) is 16.5 Å². The third-order valence-electron chi connectivity index (χ3n) is 7.52. The highest BCUT2D eigenvalue weighted by Crippen LogP contribution is 2.43. The quantitative estimate of drug-likeness (QED) is 0.157. The van der Waals surface area contributed by atoms with Gasteiger partial charge in [0.1, 0.15) is 11.5 Å². The molecule has 0 bridgehead atoms. The number of hydrogen-bond acceptors (Lipinski definition) is 8. The van der Waals surface area contributed by atoms with Crippen molar-refractivity contribution in [2.24, 2.45) is 0 Å². The van der Waals surface area contributed by atoms with Crippen LogP contribution in [0.15, 0.2) is 66.4 Å². The molecule has 1 aliphatic rings. The molecule has 0 radical (unpaired) electrons. The van der Waals surface area contributed by atoms with Crippen molar-refractivity contribution in [3.63, 3.8) is 0 Å². The van der Waals surface area contributed by atoms with Crippen LogP contribution in [-0.4, -0.2) is 68.8 Å². The number of hydrogen-bond donors (Lipinski definition) is 2. The zero-order valence-corrected chi connectivity index (χ0v) is 24.0. The Balaban J connectivity index is 1.61. The van der Waals surface area contributed by atoms with E-state index in [9.17, 15) is 14.7 Å². The first-order valence-corrected chi connectivity index (χ1v) is 13.2. The number of aromatic nitrogens is 1. The standard InChI is InChI=1S/C32H32N2O8/c1-38-21-8-9-23-22(16-21)20(17-33-23)12-13-34-29(18-6-10-24(39-2)26(14-18)41-4)28(31(36)32(34)37)30(35)19-7-11-25(40-3)27(15-19)42-5/h6-11,14-17,29,33,35H,12-13H2,1-5H3/b30-28-. The summed E-state index contributed by atoms with van der Waals surface area (Å²) in [5, 5.41) is 12.5. The summed E-state index contributed by atoms with van der Waals surface area (Å²) in [6.07, 6.45) is 2.33. The number of aliphatic hydroxyl groups is 1. The molecule has 0 saturated carbocycles. The highest BCUT2D eigenvalue weighted by molar-refractivity contribution is 6.46. The molecule has 2 heterocycles. The summed E-state index contributed by atoms with van der Waals surface area (Å²) < 4.78 is 27.0. The van der Waals surface area contributed by atoms with E-state index >= 15 is 0 Å². The molecule has 0 aliphatic carbocycles. The minimum atomic E-state index is -0.891. The Morgan fingerprint density at radius 2 is 1.48 bits per heavy atom. The highest BCUT2D eigenvalue weighted by atomic mass is 16.5. The second-order valence-corrected chi connectivity index (χ2v) is 9.65. The van der Waals surface area contributed by atoms with Crippen LogP contribution in [0.1, 0.15) is 22.7 Å². The number of carbonyl (C=O) groups excluding carboxylic acids is 2. The lowest BCUT2D eigenvalue weighted by atomic mass is 9.94. The number of H-pyrrole nitrogens is 1. The molecule has 2 N–H and O–H groups in total. The summed E-state index contributed by atoms with van der Waals surface area (Å²) >= 11 is 0. The van der Waals surface area contributed by atoms with E-state index in [0.29, 0.717) is 46.3 Å². The minimum Gasteiger partial charge on any atom is -0.507 e. The van der Waals surface area contributed by atoms with Crippen molar-refractivity contribution in [1.82, 2.24) is 9.88 Å². The number of fused-ring (bicyclic) bond motifs is 1. The molecule has 4 aromatic rings. The van der Waals surface area contributed by atoms with Crippen LogP contribution in [-0.2, 0) is 16.0 Å². The predicted molar refractivity (Wildman–Crippen MR) is 157 cm³/mol. The van der Waals surface area contributed by atoms with Gasteiger partial charge in [0.05, 0.1) is 47.2 Å². The maximum absolute atomic E-state index is 13.6. The molecule has 0 spiro atoms. The van der Waals surface area contributed by atoms with Crippen molar-refractivity contribution in [3.05, 3.63) is 83.1 Å². The molecular weight excluding hydrogens is 540 g/mol. The summed E-state index contributed by atoms with van der Waals surface area (Å²) in [7, 11) is 7.62. The van der Waals surface area contributed by atoms with Crippen LogP contribution in [0.5, 0.6) is 28.7 Å². The smallest absolute Gasteiger partial charge is 0.295 e. The number of ketones is 1. The number of rotatable bonds is 10. The summed E-state index contributed by atoms with van der Waals surface area (Å²) in [5.41, 5.74) is 2.73. The molecule has 1 saturated heterocycles. The van der Waals surface area contributed by atoms with Crippen LogP contribution in [0.25, 0.3) is 16.7 Å². The van der Waals surface area contributed by atoms with Crippen molar-refractivity contribution in [1.29, 1.82) is 0 Å². The Kier molecular flexibility index (Phi) is 7.97. The number of nitrogens with zero attached hydrogens (tertiary/aromatic N) is 1. The Morgan fingerprint density at radius 1 is 0.810 bits per heavy atom. The van der Waals surface area contributed by atoms with Crippen LogP contribution in [0.4, 0.5) is 0 Å². The number of ether oxygens (including phenoxy) is 5. The fraction of sp³-hybridized carbons (Fsp3) is 0.250. The van der Waals surface area contributed by atoms with Gasteiger partial charge in [0.25, 0.3) is 11.7 Å². The lowest BCUT2D eigenvalue weighted by molar-refractivity contribution is -0.139. The molecule has 3 aromatic carbocycles. The summed E-state index contributed by atoms with van der Waals surface area (Å²) in [6, 6.07) is 14.8. The monoisotopic (exact) mass is 572 g/mol. The van der Waals surface area contributed by atoms with Gasteiger partial charge in [-0.15, -0.1) is 0 Å². The Hall–Kier alpha value is -5.12. The van der Waals surface area contributed by atoms with Crippen molar-refractivity contribution in [2.45, 2.75) is 12.5 Å². The van der Waals surface area contributed by atoms with Gasteiger partial charge < -0.3 is 38.7 Å². The Labute approximate surface area is 243 Å². The normalized spacial score (nSPS) is 16.1. The molecule has 1 fully saturated rings. The first-order chi connectivity index (χ1) is 20.3. The molecule has 10 heteroatoms. The summed E-state index contributed by atoms with van der Waals surface area (Å²) in [6.45, 7) is 0.205. The van der Waals surface area contributed by atoms with E-state index in [-0.39, 0.29) is 17.9 Å². The Bertz CT molecular complexity index is 1690. The van der Waals surface area contributed by atoms with Crippen LogP contribution in [0, 0.1) is 0 Å². The van der Waals surface area contributed by atoms with Gasteiger partial charge in [-0.1, -0.05) is 6.07 Å². The average Bonchev–Trinajstić information content (AvgIpc) is 3.55. The van der Waals surface area contributed by atoms with Gasteiger partial charge in [-0.25, -0.2) is 0 Å². The zero-order chi connectivity index (χ0) is 30.0. The molecule has 1 unspecified atom stereocenters. The topological polar surface area (TPSA) is 120 Å². The molecule has 1 atom stereocenters. The number of likely N-dealkylation sites (tertiary alicyclic amines) is 1. The number of methoxy groups -OCH3 is 5. The third kappa shape index (κ3) is 4.96. The SMILES string of the molecule is COc1ccc2[nH]cc(CCN3C(=O)C(=O)/C(=C(\O)c4ccc(OC)c(OC)c4)C3c3ccc(OC)c(OC)c3)c2c1. The van der Waals surface area contributed by atoms with E-state index in [1.807, 2.05) is 24.4 Å². The number of Topliss-reactive ketones (excluding diaryl/α,β-unsaturated/α-hetero) is 1. The van der Waals surface area contributed by atoms with E-state index in [1.165, 1.54) is 33.3 Å². The zero-order valence-electron chi connectivity index (χ0n) is 24.0. The average molecular weight is 573 g/mol. The van der Waals surface area contributed by atoms with Gasteiger partial charge >= 0.3 is 0 Å². The highest BCUT2D eigenvalue weighted by Gasteiger charge is 2.46. The summed E-state index contributed by atoms with van der Waals surface area (Å²) in [4.78, 5) is 31.9. The molecule has 1 amide bonds. The van der Waals surface area contributed by atoms with E-state index in [1.54, 1.807) is 43.5 Å². The fourth-order valence-corrected chi connectivity index (χ4v) is 5.35. The van der Waals surface area contributed by atoms with Gasteiger partial charge in [-0.05, 0) is 66.1 Å². The second-order valence-electron chi connectivity index (χ2n) is 9.65. The lowest BCUT2D eigenvalue weighted by Crippen LogP contribution is -2.31. The number of carbonyl (C=O) groups is 2. The van der Waals surface area contributed by atoms with Crippen LogP contribution in [0.2, 0.25) is 0 Å². The largest absolute Gasteiger partial charge is 0.507 e. The molecule has 1 aromatic heterocycles. The van der Waals surface area contributed by atoms with E-state index < -0.39 is 17.7 Å². The summed E-state index contributed by atoms with van der Waals surface area (Å²) in [5.74, 6) is 0.630. The number of amides is 1. The van der Waals surface area contributed by atoms with Crippen molar-refractivity contribution >= 4 is 28.4 Å². The number of benzene rings is 3. The number of nitrogens with one attached hydrogen (secondary N) is 1. The molecule has 42 heavy (non-hydrogen) atoms. The first-order valence-electron chi connectivity index (χ1n) is 13.2. The van der Waals surface area contributed by atoms with Gasteiger partial charge in [0, 0.05) is 29.2 Å². The molecular formula is C32H32N2O8. The first kappa shape index (κ1) is 28.4. The van der Waals surface area contributed by atoms with Crippen LogP contribution >= 0.6 is 0 Å². The van der Waals surface area contributed by atoms with Gasteiger partial charge in [-0.2, -0.15) is 0 Å². The minimum absolute atomic E-state index is 0.0416. The molecule has 218 valence electrons. The number of aliphatic hydroxyl groups excluding tert-OH is 1. The lowest BCUT2D eigenvalue weighted by Gasteiger charge is -2.26. The molecule has 5 rings (SSSR count). The van der Waals surface area contributed by atoms with Gasteiger partial charge in [-0.3, -0.25) is 9.59 Å². The predicted octanol–water partition coefficient (Wildman–Crippen LogP) is 4.88. The van der Waals surface area contributed by atoms with Crippen molar-refractivity contribution in [3.8, 4) is 28.7 Å². The van der Waals surface area contributed by atoms with Crippen molar-refractivity contribution in [2.75, 3.05) is 42.1 Å². The van der Waals surface area contributed by atoms with Crippen LogP contribution < -0.4 is 23.7 Å². The second kappa shape index (κ2) is 11.8. The Morgan fingerprint density at radius 3 is 2.14 bits per heavy atom. The van der Waals surface area contributed by atoms with Gasteiger partial charge in [0.2, 0.25) is 0 Å². The number of aromatic amines is 1. The maximum Gasteiger partial charge on any atom is 0.295 e. The van der Waals surface area contributed by atoms with Crippen LogP contribution in [0.3, 0.4) is 0 Å². The fourth-order valence-electron chi connectivity index (χ4n) is 5.35. The van der Waals surface area contributed by atoms with E-state index in [4.69, 9.17) is 23.7 Å². The maximum atomic E-state index is 13.6. The van der Waals surface area contributed by atoms with Crippen molar-refractivity contribution < 1.29 is 38.4 Å². The molecule has 10 nitrogen and oxygen atoms in total. The van der Waals surface area contributed by atoms with E-state index in [2.05, 4.69) is 4.98 Å². The third-order valence-corrected chi connectivity index (χ3v) is 7.52. The molecule has 1 aliphatic heterocycles. The van der Waals surface area contributed by atoms with Gasteiger partial charge in [0.15, 0.2) is 23.0 Å².